The second-order valence-electron chi connectivity index (χ2n) is 3.83. The minimum Gasteiger partial charge on any atom is -0.477 e. The molecule has 5 nitrogen and oxygen atoms in total. The highest BCUT2D eigenvalue weighted by Crippen LogP contribution is 2.22. The minimum atomic E-state index is -1.04. The molecule has 1 rings (SSSR count). The molecule has 0 bridgehead atoms. The van der Waals surface area contributed by atoms with Crippen molar-refractivity contribution in [1.29, 1.82) is 0 Å². The van der Waals surface area contributed by atoms with Crippen molar-refractivity contribution in [2.45, 2.75) is 13.0 Å². The van der Waals surface area contributed by atoms with Crippen molar-refractivity contribution in [1.82, 2.24) is 4.98 Å². The van der Waals surface area contributed by atoms with Gasteiger partial charge < -0.3 is 15.7 Å². The van der Waals surface area contributed by atoms with Gasteiger partial charge in [0.05, 0.1) is 5.69 Å². The molecule has 0 spiro atoms. The van der Waals surface area contributed by atoms with Gasteiger partial charge in [0, 0.05) is 18.8 Å². The Morgan fingerprint density at radius 3 is 2.82 bits per heavy atom. The Labute approximate surface area is 105 Å². The Morgan fingerprint density at radius 1 is 1.65 bits per heavy atom. The maximum atomic E-state index is 10.9. The summed E-state index contributed by atoms with van der Waals surface area (Å²) in [7, 11) is 1.87. The lowest BCUT2D eigenvalue weighted by atomic mass is 10.2. The molecule has 1 aromatic rings. The van der Waals surface area contributed by atoms with Gasteiger partial charge in [-0.1, -0.05) is 0 Å². The Kier molecular flexibility index (Phi) is 4.62. The highest BCUT2D eigenvalue weighted by molar-refractivity contribution is 7.98. The van der Waals surface area contributed by atoms with Crippen molar-refractivity contribution < 1.29 is 9.90 Å². The van der Waals surface area contributed by atoms with Crippen molar-refractivity contribution in [2.75, 3.05) is 29.7 Å². The predicted octanol–water partition coefficient (Wildman–Crippen LogP) is 1.55. The third kappa shape index (κ3) is 3.26. The molecule has 1 heterocycles. The van der Waals surface area contributed by atoms with Crippen molar-refractivity contribution in [3.63, 3.8) is 0 Å². The van der Waals surface area contributed by atoms with Gasteiger partial charge in [-0.2, -0.15) is 11.8 Å². The van der Waals surface area contributed by atoms with E-state index in [0.717, 1.165) is 5.75 Å². The number of anilines is 2. The first kappa shape index (κ1) is 13.6. The fourth-order valence-corrected chi connectivity index (χ4v) is 2.13. The monoisotopic (exact) mass is 255 g/mol. The fraction of sp³-hybridized carbons (Fsp3) is 0.455. The van der Waals surface area contributed by atoms with E-state index in [-0.39, 0.29) is 11.7 Å². The van der Waals surface area contributed by atoms with Crippen molar-refractivity contribution in [2.24, 2.45) is 0 Å². The van der Waals surface area contributed by atoms with Crippen LogP contribution in [0.15, 0.2) is 12.1 Å². The van der Waals surface area contributed by atoms with E-state index in [2.05, 4.69) is 4.98 Å². The quantitative estimate of drug-likeness (QED) is 0.831. The van der Waals surface area contributed by atoms with E-state index >= 15 is 0 Å². The molecule has 1 atom stereocenters. The van der Waals surface area contributed by atoms with Crippen molar-refractivity contribution in [3.8, 4) is 0 Å². The van der Waals surface area contributed by atoms with Crippen LogP contribution in [0, 0.1) is 0 Å². The molecule has 0 aromatic carbocycles. The second-order valence-corrected chi connectivity index (χ2v) is 4.74. The molecular formula is C11H17N3O2S. The summed E-state index contributed by atoms with van der Waals surface area (Å²) in [6.07, 6.45) is 2.02. The largest absolute Gasteiger partial charge is 0.477 e. The third-order valence-electron chi connectivity index (χ3n) is 2.53. The Bertz CT molecular complexity index is 412. The molecule has 0 aliphatic carbocycles. The van der Waals surface area contributed by atoms with E-state index in [9.17, 15) is 4.79 Å². The number of nitrogens with two attached hydrogens (primary N) is 1. The first-order valence-electron chi connectivity index (χ1n) is 5.19. The van der Waals surface area contributed by atoms with Gasteiger partial charge in [-0.15, -0.1) is 0 Å². The smallest absolute Gasteiger partial charge is 0.354 e. The molecule has 6 heteroatoms. The Balaban J connectivity index is 3.03. The van der Waals surface area contributed by atoms with Gasteiger partial charge in [0.1, 0.15) is 0 Å². The summed E-state index contributed by atoms with van der Waals surface area (Å²) in [6, 6.07) is 3.23. The Morgan fingerprint density at radius 2 is 2.29 bits per heavy atom. The van der Waals surface area contributed by atoms with Gasteiger partial charge in [-0.05, 0) is 25.3 Å². The van der Waals surface area contributed by atoms with Crippen LogP contribution >= 0.6 is 11.8 Å². The first-order valence-corrected chi connectivity index (χ1v) is 6.58. The van der Waals surface area contributed by atoms with Crippen LogP contribution in [0.5, 0.6) is 0 Å². The highest BCUT2D eigenvalue weighted by atomic mass is 32.2. The lowest BCUT2D eigenvalue weighted by Gasteiger charge is -2.26. The summed E-state index contributed by atoms with van der Waals surface area (Å²) in [5.74, 6) is 0.401. The molecular weight excluding hydrogens is 238 g/mol. The summed E-state index contributed by atoms with van der Waals surface area (Å²) in [5.41, 5.74) is 6.32. The zero-order valence-electron chi connectivity index (χ0n) is 10.2. The van der Waals surface area contributed by atoms with Crippen LogP contribution in [-0.2, 0) is 0 Å². The van der Waals surface area contributed by atoms with E-state index in [1.165, 1.54) is 6.07 Å². The lowest BCUT2D eigenvalue weighted by Crippen LogP contribution is -2.32. The summed E-state index contributed by atoms with van der Waals surface area (Å²) < 4.78 is 0. The highest BCUT2D eigenvalue weighted by Gasteiger charge is 2.16. The second kappa shape index (κ2) is 5.77. The standard InChI is InChI=1S/C11H17N3O2S/c1-7(6-17-3)14(2)10-8(12)4-5-9(13-10)11(15)16/h4-5,7H,6,12H2,1-3H3,(H,15,16). The third-order valence-corrected chi connectivity index (χ3v) is 3.34. The van der Waals surface area contributed by atoms with E-state index in [1.54, 1.807) is 17.8 Å². The first-order chi connectivity index (χ1) is 7.97. The van der Waals surface area contributed by atoms with Gasteiger partial charge in [0.2, 0.25) is 0 Å². The van der Waals surface area contributed by atoms with Crippen LogP contribution in [0.2, 0.25) is 0 Å². The number of rotatable bonds is 5. The van der Waals surface area contributed by atoms with Crippen LogP contribution < -0.4 is 10.6 Å². The maximum absolute atomic E-state index is 10.9. The number of carboxylic acid groups (broad SMARTS) is 1. The summed E-state index contributed by atoms with van der Waals surface area (Å²) in [5, 5.41) is 8.90. The SMILES string of the molecule is CSCC(C)N(C)c1nc(C(=O)O)ccc1N. The Hall–Kier alpha value is -1.43. The summed E-state index contributed by atoms with van der Waals surface area (Å²) >= 11 is 1.72. The zero-order chi connectivity index (χ0) is 13.0. The molecule has 0 aliphatic heterocycles. The normalized spacial score (nSPS) is 12.2. The number of nitrogens with zero attached hydrogens (tertiary/aromatic N) is 2. The molecule has 1 unspecified atom stereocenters. The molecule has 3 N–H and O–H groups in total. The molecule has 17 heavy (non-hydrogen) atoms. The molecule has 0 saturated carbocycles. The number of hydrogen-bond acceptors (Lipinski definition) is 5. The summed E-state index contributed by atoms with van der Waals surface area (Å²) in [6.45, 7) is 2.05. The van der Waals surface area contributed by atoms with E-state index < -0.39 is 5.97 Å². The fourth-order valence-electron chi connectivity index (χ4n) is 1.42. The van der Waals surface area contributed by atoms with E-state index in [0.29, 0.717) is 11.5 Å². The van der Waals surface area contributed by atoms with Gasteiger partial charge in [0.15, 0.2) is 11.5 Å². The van der Waals surface area contributed by atoms with Gasteiger partial charge in [0.25, 0.3) is 0 Å². The molecule has 0 saturated heterocycles. The summed E-state index contributed by atoms with van der Waals surface area (Å²) in [4.78, 5) is 16.8. The van der Waals surface area contributed by atoms with Crippen LogP contribution in [-0.4, -0.2) is 41.2 Å². The topological polar surface area (TPSA) is 79.5 Å². The number of carboxylic acids is 1. The van der Waals surface area contributed by atoms with Gasteiger partial charge >= 0.3 is 5.97 Å². The van der Waals surface area contributed by atoms with Crippen LogP contribution in [0.3, 0.4) is 0 Å². The van der Waals surface area contributed by atoms with Gasteiger partial charge in [-0.3, -0.25) is 0 Å². The number of thioether (sulfide) groups is 1. The number of aromatic carboxylic acids is 1. The van der Waals surface area contributed by atoms with Crippen LogP contribution in [0.1, 0.15) is 17.4 Å². The number of carbonyl (C=O) groups is 1. The average Bonchev–Trinajstić information content (AvgIpc) is 2.28. The van der Waals surface area contributed by atoms with E-state index in [1.807, 2.05) is 25.1 Å². The number of nitrogen functional groups attached to an aromatic ring is 1. The minimum absolute atomic E-state index is 0.0115. The van der Waals surface area contributed by atoms with Crippen molar-refractivity contribution in [3.05, 3.63) is 17.8 Å². The predicted molar refractivity (Wildman–Crippen MR) is 71.9 cm³/mol. The van der Waals surface area contributed by atoms with Crippen LogP contribution in [0.4, 0.5) is 11.5 Å². The van der Waals surface area contributed by atoms with E-state index in [4.69, 9.17) is 10.8 Å². The maximum Gasteiger partial charge on any atom is 0.354 e. The van der Waals surface area contributed by atoms with Crippen LogP contribution in [0.25, 0.3) is 0 Å². The molecule has 0 fully saturated rings. The zero-order valence-corrected chi connectivity index (χ0v) is 11.0. The molecule has 0 radical (unpaired) electrons. The number of pyridine rings is 1. The van der Waals surface area contributed by atoms with Gasteiger partial charge in [-0.25, -0.2) is 9.78 Å². The number of hydrogen-bond donors (Lipinski definition) is 2. The number of aromatic nitrogens is 1. The lowest BCUT2D eigenvalue weighted by molar-refractivity contribution is 0.0690. The average molecular weight is 255 g/mol. The molecule has 94 valence electrons. The van der Waals surface area contributed by atoms with Crippen molar-refractivity contribution >= 4 is 29.2 Å². The molecule has 0 amide bonds. The molecule has 1 aromatic heterocycles. The molecule has 0 aliphatic rings.